The zero-order valence-electron chi connectivity index (χ0n) is 16.3. The minimum atomic E-state index is -3.73. The number of hydrogen-bond acceptors (Lipinski definition) is 5. The molecule has 0 spiro atoms. The highest BCUT2D eigenvalue weighted by Gasteiger charge is 2.18. The quantitative estimate of drug-likeness (QED) is 0.501. The molecule has 1 amide bonds. The Bertz CT molecular complexity index is 1040. The molecular weight excluding hydrogens is 418 g/mol. The summed E-state index contributed by atoms with van der Waals surface area (Å²) in [5, 5.41) is 11.2. The minimum absolute atomic E-state index is 0.0623. The third kappa shape index (κ3) is 5.99. The molecule has 0 unspecified atom stereocenters. The monoisotopic (exact) mass is 439 g/mol. The van der Waals surface area contributed by atoms with Gasteiger partial charge in [0.15, 0.2) is 0 Å². The van der Waals surface area contributed by atoms with E-state index in [9.17, 15) is 23.3 Å². The van der Waals surface area contributed by atoms with Crippen LogP contribution in [0.25, 0.3) is 0 Å². The SMILES string of the molecule is Cc1ccc(S(=O)(=O)NCCC(=O)N(C)Cc2cc([N+](=O)[O-])ccc2Cl)c(C)c1. The van der Waals surface area contributed by atoms with Crippen LogP contribution in [0.5, 0.6) is 0 Å². The molecule has 0 heterocycles. The van der Waals surface area contributed by atoms with Gasteiger partial charge in [0.05, 0.1) is 9.82 Å². The molecule has 0 saturated carbocycles. The van der Waals surface area contributed by atoms with E-state index < -0.39 is 14.9 Å². The fraction of sp³-hybridized carbons (Fsp3) is 0.316. The van der Waals surface area contributed by atoms with Gasteiger partial charge < -0.3 is 4.90 Å². The molecule has 0 atom stereocenters. The molecular formula is C19H22ClN3O5S. The Morgan fingerprint density at radius 3 is 2.52 bits per heavy atom. The number of nitro groups is 1. The normalized spacial score (nSPS) is 11.3. The number of hydrogen-bond donors (Lipinski definition) is 1. The highest BCUT2D eigenvalue weighted by molar-refractivity contribution is 7.89. The second-order valence-electron chi connectivity index (χ2n) is 6.70. The molecule has 10 heteroatoms. The minimum Gasteiger partial charge on any atom is -0.341 e. The Kier molecular flexibility index (Phi) is 7.34. The van der Waals surface area contributed by atoms with E-state index in [1.165, 1.54) is 36.2 Å². The highest BCUT2D eigenvalue weighted by Crippen LogP contribution is 2.23. The van der Waals surface area contributed by atoms with Gasteiger partial charge in [-0.05, 0) is 37.1 Å². The first-order valence-corrected chi connectivity index (χ1v) is 10.6. The van der Waals surface area contributed by atoms with Crippen LogP contribution in [0, 0.1) is 24.0 Å². The second kappa shape index (κ2) is 9.34. The summed E-state index contributed by atoms with van der Waals surface area (Å²) in [4.78, 5) is 24.2. The van der Waals surface area contributed by atoms with E-state index in [-0.39, 0.29) is 36.0 Å². The summed E-state index contributed by atoms with van der Waals surface area (Å²) < 4.78 is 27.3. The molecule has 0 aliphatic rings. The molecule has 0 saturated heterocycles. The molecule has 0 radical (unpaired) electrons. The van der Waals surface area contributed by atoms with Crippen molar-refractivity contribution in [2.75, 3.05) is 13.6 Å². The third-order valence-corrected chi connectivity index (χ3v) is 6.31. The van der Waals surface area contributed by atoms with Crippen molar-refractivity contribution < 1.29 is 18.1 Å². The van der Waals surface area contributed by atoms with Gasteiger partial charge in [-0.3, -0.25) is 14.9 Å². The number of carbonyl (C=O) groups is 1. The molecule has 2 aromatic rings. The zero-order chi connectivity index (χ0) is 21.8. The standard InChI is InChI=1S/C19H22ClN3O5S/c1-13-4-7-18(14(2)10-13)29(27,28)21-9-8-19(24)22(3)12-15-11-16(23(25)26)5-6-17(15)20/h4-7,10-11,21H,8-9,12H2,1-3H3. The third-order valence-electron chi connectivity index (χ3n) is 4.32. The van der Waals surface area contributed by atoms with Gasteiger partial charge in [-0.1, -0.05) is 29.3 Å². The number of benzene rings is 2. The first-order valence-electron chi connectivity index (χ1n) is 8.75. The average Bonchev–Trinajstić information content (AvgIpc) is 2.62. The molecule has 0 aromatic heterocycles. The van der Waals surface area contributed by atoms with E-state index >= 15 is 0 Å². The Morgan fingerprint density at radius 2 is 1.90 bits per heavy atom. The topological polar surface area (TPSA) is 110 Å². The van der Waals surface area contributed by atoms with Crippen LogP contribution in [0.4, 0.5) is 5.69 Å². The summed E-state index contributed by atoms with van der Waals surface area (Å²) in [6.45, 7) is 3.59. The lowest BCUT2D eigenvalue weighted by Gasteiger charge is -2.18. The van der Waals surface area contributed by atoms with Crippen molar-refractivity contribution >= 4 is 33.2 Å². The first-order chi connectivity index (χ1) is 13.5. The number of aryl methyl sites for hydroxylation is 2. The van der Waals surface area contributed by atoms with Crippen molar-refractivity contribution in [2.24, 2.45) is 0 Å². The summed E-state index contributed by atoms with van der Waals surface area (Å²) in [6, 6.07) is 9.03. The highest BCUT2D eigenvalue weighted by atomic mass is 35.5. The van der Waals surface area contributed by atoms with Gasteiger partial charge >= 0.3 is 0 Å². The van der Waals surface area contributed by atoms with E-state index in [4.69, 9.17) is 11.6 Å². The van der Waals surface area contributed by atoms with Crippen LogP contribution < -0.4 is 4.72 Å². The summed E-state index contributed by atoms with van der Waals surface area (Å²) in [7, 11) is -2.20. The molecule has 29 heavy (non-hydrogen) atoms. The van der Waals surface area contributed by atoms with Gasteiger partial charge in [0.25, 0.3) is 5.69 Å². The molecule has 2 aromatic carbocycles. The maximum absolute atomic E-state index is 12.4. The predicted molar refractivity (Wildman–Crippen MR) is 110 cm³/mol. The van der Waals surface area contributed by atoms with Crippen LogP contribution in [0.1, 0.15) is 23.1 Å². The number of non-ortho nitro benzene ring substituents is 1. The number of halogens is 1. The van der Waals surface area contributed by atoms with E-state index in [1.54, 1.807) is 19.1 Å². The van der Waals surface area contributed by atoms with Crippen LogP contribution in [-0.2, 0) is 21.4 Å². The fourth-order valence-electron chi connectivity index (χ4n) is 2.80. The van der Waals surface area contributed by atoms with Crippen LogP contribution >= 0.6 is 11.6 Å². The molecule has 2 rings (SSSR count). The van der Waals surface area contributed by atoms with Gasteiger partial charge in [-0.15, -0.1) is 0 Å². The molecule has 8 nitrogen and oxygen atoms in total. The molecule has 0 bridgehead atoms. The first kappa shape index (κ1) is 22.8. The van der Waals surface area contributed by atoms with Crippen LogP contribution in [0.3, 0.4) is 0 Å². The lowest BCUT2D eigenvalue weighted by atomic mass is 10.2. The number of amides is 1. The van der Waals surface area contributed by atoms with Gasteiger partial charge in [-0.25, -0.2) is 13.1 Å². The number of carbonyl (C=O) groups excluding carboxylic acids is 1. The number of rotatable bonds is 8. The van der Waals surface area contributed by atoms with Crippen molar-refractivity contribution in [3.05, 3.63) is 68.2 Å². The number of nitrogens with zero attached hydrogens (tertiary/aromatic N) is 2. The van der Waals surface area contributed by atoms with Crippen LogP contribution in [-0.4, -0.2) is 37.7 Å². The van der Waals surface area contributed by atoms with E-state index in [1.807, 2.05) is 6.92 Å². The van der Waals surface area contributed by atoms with E-state index in [0.717, 1.165) is 5.56 Å². The lowest BCUT2D eigenvalue weighted by molar-refractivity contribution is -0.384. The number of sulfonamides is 1. The van der Waals surface area contributed by atoms with Gasteiger partial charge in [0.2, 0.25) is 15.9 Å². The Morgan fingerprint density at radius 1 is 1.21 bits per heavy atom. The zero-order valence-corrected chi connectivity index (χ0v) is 17.9. The molecule has 0 aliphatic heterocycles. The van der Waals surface area contributed by atoms with Crippen LogP contribution in [0.15, 0.2) is 41.3 Å². The number of nitro benzene ring substituents is 1. The van der Waals surface area contributed by atoms with Gasteiger partial charge in [0.1, 0.15) is 0 Å². The summed E-state index contributed by atoms with van der Waals surface area (Å²) >= 11 is 6.06. The maximum Gasteiger partial charge on any atom is 0.269 e. The Labute approximate surface area is 174 Å². The van der Waals surface area contributed by atoms with Crippen molar-refractivity contribution in [3.63, 3.8) is 0 Å². The maximum atomic E-state index is 12.4. The summed E-state index contributed by atoms with van der Waals surface area (Å²) in [5.41, 5.74) is 1.90. The molecule has 156 valence electrons. The summed E-state index contributed by atoms with van der Waals surface area (Å²) in [5.74, 6) is -0.323. The Hall–Kier alpha value is -2.49. The summed E-state index contributed by atoms with van der Waals surface area (Å²) in [6.07, 6.45) is -0.0623. The number of nitrogens with one attached hydrogen (secondary N) is 1. The van der Waals surface area contributed by atoms with Gasteiger partial charge in [0, 0.05) is 43.7 Å². The van der Waals surface area contributed by atoms with E-state index in [2.05, 4.69) is 4.72 Å². The largest absolute Gasteiger partial charge is 0.341 e. The van der Waals surface area contributed by atoms with Crippen molar-refractivity contribution in [2.45, 2.75) is 31.7 Å². The lowest BCUT2D eigenvalue weighted by Crippen LogP contribution is -2.32. The predicted octanol–water partition coefficient (Wildman–Crippen LogP) is 3.19. The smallest absolute Gasteiger partial charge is 0.269 e. The van der Waals surface area contributed by atoms with E-state index in [0.29, 0.717) is 16.1 Å². The van der Waals surface area contributed by atoms with Crippen molar-refractivity contribution in [3.8, 4) is 0 Å². The Balaban J connectivity index is 1.97. The van der Waals surface area contributed by atoms with Gasteiger partial charge in [-0.2, -0.15) is 0 Å². The molecule has 0 fully saturated rings. The van der Waals surface area contributed by atoms with Crippen molar-refractivity contribution in [1.82, 2.24) is 9.62 Å². The second-order valence-corrected chi connectivity index (χ2v) is 8.84. The van der Waals surface area contributed by atoms with Crippen molar-refractivity contribution in [1.29, 1.82) is 0 Å². The molecule has 0 aliphatic carbocycles. The fourth-order valence-corrected chi connectivity index (χ4v) is 4.23. The van der Waals surface area contributed by atoms with Crippen LogP contribution in [0.2, 0.25) is 5.02 Å². The molecule has 1 N–H and O–H groups in total. The average molecular weight is 440 g/mol.